The summed E-state index contributed by atoms with van der Waals surface area (Å²) < 4.78 is 0. The van der Waals surface area contributed by atoms with Gasteiger partial charge in [-0.25, -0.2) is 0 Å². The molecule has 16 heavy (non-hydrogen) atoms. The third-order valence-corrected chi connectivity index (χ3v) is 3.84. The number of aliphatic hydroxyl groups excluding tert-OH is 1. The second-order valence-electron chi connectivity index (χ2n) is 6.05. The van der Waals surface area contributed by atoms with Crippen LogP contribution in [0.3, 0.4) is 0 Å². The van der Waals surface area contributed by atoms with Crippen LogP contribution in [-0.2, 0) is 4.79 Å². The summed E-state index contributed by atoms with van der Waals surface area (Å²) in [4.78, 5) is 14.0. The smallest absolute Gasteiger partial charge is 0.227 e. The minimum atomic E-state index is -0.286. The van der Waals surface area contributed by atoms with E-state index in [4.69, 9.17) is 0 Å². The van der Waals surface area contributed by atoms with Crippen molar-refractivity contribution < 1.29 is 9.90 Å². The van der Waals surface area contributed by atoms with Gasteiger partial charge in [0, 0.05) is 25.1 Å². The number of piperidine rings is 1. The SMILES string of the molecule is CCC1(CO)CCN(C(=O)C(C)(C)C)CC1. The first kappa shape index (κ1) is 13.5. The highest BCUT2D eigenvalue weighted by Crippen LogP contribution is 2.35. The van der Waals surface area contributed by atoms with Gasteiger partial charge in [-0.15, -0.1) is 0 Å². The van der Waals surface area contributed by atoms with E-state index in [1.807, 2.05) is 25.7 Å². The summed E-state index contributed by atoms with van der Waals surface area (Å²) in [6.45, 7) is 9.85. The maximum absolute atomic E-state index is 12.1. The van der Waals surface area contributed by atoms with Crippen molar-refractivity contribution in [2.45, 2.75) is 47.0 Å². The van der Waals surface area contributed by atoms with Gasteiger partial charge in [-0.3, -0.25) is 4.79 Å². The van der Waals surface area contributed by atoms with Crippen LogP contribution in [0.4, 0.5) is 0 Å². The molecule has 0 aromatic rings. The zero-order chi connectivity index (χ0) is 12.4. The Hall–Kier alpha value is -0.570. The van der Waals surface area contributed by atoms with E-state index in [0.29, 0.717) is 0 Å². The molecule has 1 fully saturated rings. The van der Waals surface area contributed by atoms with E-state index in [-0.39, 0.29) is 23.3 Å². The Balaban J connectivity index is 2.59. The van der Waals surface area contributed by atoms with Gasteiger partial charge < -0.3 is 10.0 Å². The highest BCUT2D eigenvalue weighted by atomic mass is 16.3. The van der Waals surface area contributed by atoms with Crippen LogP contribution in [0.5, 0.6) is 0 Å². The Morgan fingerprint density at radius 3 is 2.12 bits per heavy atom. The van der Waals surface area contributed by atoms with Crippen LogP contribution in [0.15, 0.2) is 0 Å². The van der Waals surface area contributed by atoms with Crippen LogP contribution in [0.1, 0.15) is 47.0 Å². The fraction of sp³-hybridized carbons (Fsp3) is 0.923. The van der Waals surface area contributed by atoms with E-state index in [1.165, 1.54) is 0 Å². The average Bonchev–Trinajstić information content (AvgIpc) is 2.27. The minimum Gasteiger partial charge on any atom is -0.396 e. The van der Waals surface area contributed by atoms with E-state index in [2.05, 4.69) is 6.92 Å². The first-order chi connectivity index (χ1) is 7.34. The topological polar surface area (TPSA) is 40.5 Å². The summed E-state index contributed by atoms with van der Waals surface area (Å²) in [5.41, 5.74) is -0.222. The molecule has 0 aromatic heterocycles. The number of aliphatic hydroxyl groups is 1. The maximum Gasteiger partial charge on any atom is 0.227 e. The Morgan fingerprint density at radius 1 is 1.31 bits per heavy atom. The van der Waals surface area contributed by atoms with Crippen LogP contribution >= 0.6 is 0 Å². The van der Waals surface area contributed by atoms with Crippen LogP contribution < -0.4 is 0 Å². The Morgan fingerprint density at radius 2 is 1.81 bits per heavy atom. The van der Waals surface area contributed by atoms with Crippen LogP contribution in [0, 0.1) is 10.8 Å². The number of carbonyl (C=O) groups is 1. The fourth-order valence-corrected chi connectivity index (χ4v) is 2.28. The molecule has 1 rings (SSSR count). The molecular formula is C13H25NO2. The van der Waals surface area contributed by atoms with Gasteiger partial charge in [-0.05, 0) is 24.7 Å². The Kier molecular flexibility index (Phi) is 4.00. The van der Waals surface area contributed by atoms with Gasteiger partial charge in [0.15, 0.2) is 0 Å². The number of likely N-dealkylation sites (tertiary alicyclic amines) is 1. The van der Waals surface area contributed by atoms with Crippen LogP contribution in [-0.4, -0.2) is 35.6 Å². The lowest BCUT2D eigenvalue weighted by molar-refractivity contribution is -0.142. The summed E-state index contributed by atoms with van der Waals surface area (Å²) in [6.07, 6.45) is 2.87. The highest BCUT2D eigenvalue weighted by Gasteiger charge is 2.36. The number of carbonyl (C=O) groups excluding carboxylic acids is 1. The lowest BCUT2D eigenvalue weighted by atomic mass is 9.76. The van der Waals surface area contributed by atoms with Gasteiger partial charge in [0.05, 0.1) is 0 Å². The van der Waals surface area contributed by atoms with Gasteiger partial charge in [0.1, 0.15) is 0 Å². The molecule has 0 bridgehead atoms. The molecule has 0 spiro atoms. The number of rotatable bonds is 2. The van der Waals surface area contributed by atoms with Gasteiger partial charge in [0.2, 0.25) is 5.91 Å². The van der Waals surface area contributed by atoms with Gasteiger partial charge in [-0.1, -0.05) is 27.7 Å². The first-order valence-electron chi connectivity index (χ1n) is 6.25. The van der Waals surface area contributed by atoms with Crippen molar-refractivity contribution in [1.82, 2.24) is 4.90 Å². The summed E-state index contributed by atoms with van der Waals surface area (Å²) in [6, 6.07) is 0. The van der Waals surface area contributed by atoms with Crippen molar-refractivity contribution in [3.8, 4) is 0 Å². The summed E-state index contributed by atoms with van der Waals surface area (Å²) >= 11 is 0. The predicted octanol–water partition coefficient (Wildman–Crippen LogP) is 2.04. The third kappa shape index (κ3) is 2.76. The molecule has 0 aliphatic carbocycles. The van der Waals surface area contributed by atoms with Gasteiger partial charge >= 0.3 is 0 Å². The molecule has 1 amide bonds. The Labute approximate surface area is 98.8 Å². The minimum absolute atomic E-state index is 0.0642. The van der Waals surface area contributed by atoms with Crippen molar-refractivity contribution in [3.05, 3.63) is 0 Å². The standard InChI is InChI=1S/C13H25NO2/c1-5-13(10-15)6-8-14(9-7-13)11(16)12(2,3)4/h15H,5-10H2,1-4H3. The second kappa shape index (κ2) is 4.74. The quantitative estimate of drug-likeness (QED) is 0.784. The molecule has 1 heterocycles. The molecule has 3 heteroatoms. The largest absolute Gasteiger partial charge is 0.396 e. The number of amides is 1. The summed E-state index contributed by atoms with van der Waals surface area (Å²) in [5, 5.41) is 9.42. The lowest BCUT2D eigenvalue weighted by Crippen LogP contribution is -2.48. The molecule has 0 saturated carbocycles. The molecule has 3 nitrogen and oxygen atoms in total. The van der Waals surface area contributed by atoms with E-state index in [0.717, 1.165) is 32.4 Å². The molecule has 94 valence electrons. The molecule has 0 aromatic carbocycles. The molecule has 0 radical (unpaired) electrons. The second-order valence-corrected chi connectivity index (χ2v) is 6.05. The molecular weight excluding hydrogens is 202 g/mol. The van der Waals surface area contributed by atoms with Crippen LogP contribution in [0.25, 0.3) is 0 Å². The zero-order valence-corrected chi connectivity index (χ0v) is 11.0. The Bertz CT molecular complexity index is 241. The van der Waals surface area contributed by atoms with Crippen molar-refractivity contribution in [1.29, 1.82) is 0 Å². The molecule has 0 atom stereocenters. The van der Waals surface area contributed by atoms with Gasteiger partial charge in [-0.2, -0.15) is 0 Å². The van der Waals surface area contributed by atoms with E-state index >= 15 is 0 Å². The van der Waals surface area contributed by atoms with Crippen molar-refractivity contribution in [2.75, 3.05) is 19.7 Å². The molecule has 1 aliphatic heterocycles. The van der Waals surface area contributed by atoms with E-state index in [1.54, 1.807) is 0 Å². The number of hydrogen-bond donors (Lipinski definition) is 1. The van der Waals surface area contributed by atoms with Crippen LogP contribution in [0.2, 0.25) is 0 Å². The number of hydrogen-bond acceptors (Lipinski definition) is 2. The highest BCUT2D eigenvalue weighted by molar-refractivity contribution is 5.81. The average molecular weight is 227 g/mol. The molecule has 1 aliphatic rings. The summed E-state index contributed by atoms with van der Waals surface area (Å²) in [5.74, 6) is 0.232. The first-order valence-corrected chi connectivity index (χ1v) is 6.25. The van der Waals surface area contributed by atoms with E-state index in [9.17, 15) is 9.90 Å². The zero-order valence-electron chi connectivity index (χ0n) is 11.0. The predicted molar refractivity (Wildman–Crippen MR) is 65.1 cm³/mol. The summed E-state index contributed by atoms with van der Waals surface area (Å²) in [7, 11) is 0. The normalized spacial score (nSPS) is 20.9. The third-order valence-electron chi connectivity index (χ3n) is 3.84. The fourth-order valence-electron chi connectivity index (χ4n) is 2.28. The van der Waals surface area contributed by atoms with E-state index < -0.39 is 0 Å². The monoisotopic (exact) mass is 227 g/mol. The van der Waals surface area contributed by atoms with Gasteiger partial charge in [0.25, 0.3) is 0 Å². The maximum atomic E-state index is 12.1. The number of nitrogens with zero attached hydrogens (tertiary/aromatic N) is 1. The van der Waals surface area contributed by atoms with Crippen molar-refractivity contribution in [3.63, 3.8) is 0 Å². The lowest BCUT2D eigenvalue weighted by Gasteiger charge is -2.42. The molecule has 1 saturated heterocycles. The molecule has 0 unspecified atom stereocenters. The molecule has 1 N–H and O–H groups in total. The van der Waals surface area contributed by atoms with Crippen molar-refractivity contribution >= 4 is 5.91 Å². The van der Waals surface area contributed by atoms with Crippen molar-refractivity contribution in [2.24, 2.45) is 10.8 Å².